The zero-order chi connectivity index (χ0) is 20.7. The normalized spacial score (nSPS) is 11.3. The number of benzene rings is 3. The minimum atomic E-state index is -3.86. The van der Waals surface area contributed by atoms with Gasteiger partial charge in [-0.2, -0.15) is 0 Å². The van der Waals surface area contributed by atoms with Crippen LogP contribution in [0.4, 0.5) is 5.69 Å². The number of nitrogens with zero attached hydrogens (tertiary/aromatic N) is 1. The molecular formula is C22H20N2O4S. The Morgan fingerprint density at radius 3 is 2.31 bits per heavy atom. The first-order valence-corrected chi connectivity index (χ1v) is 10.4. The van der Waals surface area contributed by atoms with E-state index >= 15 is 0 Å². The van der Waals surface area contributed by atoms with Crippen LogP contribution < -0.4 is 9.46 Å². The highest BCUT2D eigenvalue weighted by Gasteiger charge is 2.14. The molecule has 0 saturated heterocycles. The van der Waals surface area contributed by atoms with Crippen LogP contribution in [0.25, 0.3) is 0 Å². The Bertz CT molecular complexity index is 1110. The van der Waals surface area contributed by atoms with Crippen LogP contribution in [0.15, 0.2) is 88.8 Å². The molecule has 0 aliphatic rings. The minimum Gasteiger partial charge on any atom is -0.488 e. The Morgan fingerprint density at radius 1 is 0.966 bits per heavy atom. The number of carbonyl (C=O) groups excluding carboxylic acids is 1. The fourth-order valence-corrected chi connectivity index (χ4v) is 3.55. The number of amides is 1. The van der Waals surface area contributed by atoms with Gasteiger partial charge in [0.15, 0.2) is 0 Å². The lowest BCUT2D eigenvalue weighted by atomic mass is 10.2. The standard InChI is InChI=1S/C22H20N2O4S/c1-17(25)24-29(26,27)21-13-11-20(12-14-21)23-15-19-9-5-6-10-22(19)28-16-18-7-3-2-4-8-18/h2-15H,16H2,1H3,(H,24,25). The molecule has 0 bridgehead atoms. The summed E-state index contributed by atoms with van der Waals surface area (Å²) < 4.78 is 31.8. The van der Waals surface area contributed by atoms with E-state index in [2.05, 4.69) is 4.99 Å². The molecule has 0 saturated carbocycles. The first-order chi connectivity index (χ1) is 13.9. The Kier molecular flexibility index (Phi) is 6.41. The largest absolute Gasteiger partial charge is 0.488 e. The van der Waals surface area contributed by atoms with Crippen LogP contribution >= 0.6 is 0 Å². The Morgan fingerprint density at radius 2 is 1.62 bits per heavy atom. The first-order valence-electron chi connectivity index (χ1n) is 8.87. The summed E-state index contributed by atoms with van der Waals surface area (Å²) in [6.45, 7) is 1.59. The number of ether oxygens (including phenoxy) is 1. The lowest BCUT2D eigenvalue weighted by Crippen LogP contribution is -2.28. The van der Waals surface area contributed by atoms with Gasteiger partial charge in [0.25, 0.3) is 10.0 Å². The van der Waals surface area contributed by atoms with Gasteiger partial charge in [-0.15, -0.1) is 0 Å². The molecule has 0 aromatic heterocycles. The summed E-state index contributed by atoms with van der Waals surface area (Å²) in [4.78, 5) is 15.4. The molecular weight excluding hydrogens is 388 g/mol. The van der Waals surface area contributed by atoms with Crippen molar-refractivity contribution in [3.05, 3.63) is 90.0 Å². The fraction of sp³-hybridized carbons (Fsp3) is 0.0909. The molecule has 0 aliphatic heterocycles. The SMILES string of the molecule is CC(=O)NS(=O)(=O)c1ccc(N=Cc2ccccc2OCc2ccccc2)cc1. The Labute approximate surface area is 169 Å². The van der Waals surface area contributed by atoms with Gasteiger partial charge >= 0.3 is 0 Å². The van der Waals surface area contributed by atoms with Crippen molar-refractivity contribution >= 4 is 27.8 Å². The molecule has 0 unspecified atom stereocenters. The second-order valence-corrected chi connectivity index (χ2v) is 7.91. The molecule has 0 fully saturated rings. The van der Waals surface area contributed by atoms with Gasteiger partial charge in [0.2, 0.25) is 5.91 Å². The van der Waals surface area contributed by atoms with Gasteiger partial charge in [-0.25, -0.2) is 13.1 Å². The number of para-hydroxylation sites is 1. The molecule has 3 aromatic carbocycles. The molecule has 1 amide bonds. The summed E-state index contributed by atoms with van der Waals surface area (Å²) in [5, 5.41) is 0. The van der Waals surface area contributed by atoms with Crippen LogP contribution in [0.1, 0.15) is 18.1 Å². The second-order valence-electron chi connectivity index (χ2n) is 6.23. The van der Waals surface area contributed by atoms with E-state index in [4.69, 9.17) is 4.74 Å². The van der Waals surface area contributed by atoms with Gasteiger partial charge in [-0.1, -0.05) is 42.5 Å². The minimum absolute atomic E-state index is 0.00163. The lowest BCUT2D eigenvalue weighted by molar-refractivity contribution is -0.117. The maximum absolute atomic E-state index is 12.0. The molecule has 1 N–H and O–H groups in total. The number of carbonyl (C=O) groups is 1. The van der Waals surface area contributed by atoms with E-state index < -0.39 is 15.9 Å². The number of sulfonamides is 1. The molecule has 0 atom stereocenters. The summed E-state index contributed by atoms with van der Waals surface area (Å²) in [6.07, 6.45) is 1.66. The zero-order valence-electron chi connectivity index (χ0n) is 15.8. The predicted octanol–water partition coefficient (Wildman–Crippen LogP) is 3.84. The van der Waals surface area contributed by atoms with E-state index in [1.54, 1.807) is 18.3 Å². The maximum atomic E-state index is 12.0. The van der Waals surface area contributed by atoms with Crippen molar-refractivity contribution in [2.45, 2.75) is 18.4 Å². The number of aliphatic imine (C=N–C) groups is 1. The van der Waals surface area contributed by atoms with Gasteiger partial charge in [0, 0.05) is 18.7 Å². The van der Waals surface area contributed by atoms with E-state index in [-0.39, 0.29) is 4.90 Å². The summed E-state index contributed by atoms with van der Waals surface area (Å²) in [6, 6.07) is 23.3. The van der Waals surface area contributed by atoms with Crippen LogP contribution in [-0.4, -0.2) is 20.5 Å². The summed E-state index contributed by atoms with van der Waals surface area (Å²) in [5.41, 5.74) is 2.44. The van der Waals surface area contributed by atoms with Crippen LogP contribution in [0, 0.1) is 0 Å². The van der Waals surface area contributed by atoms with Gasteiger partial charge in [0.05, 0.1) is 10.6 Å². The molecule has 29 heavy (non-hydrogen) atoms. The first kappa shape index (κ1) is 20.3. The molecule has 0 heterocycles. The van der Waals surface area contributed by atoms with Crippen molar-refractivity contribution in [1.82, 2.24) is 4.72 Å². The summed E-state index contributed by atoms with van der Waals surface area (Å²) in [7, 11) is -3.86. The predicted molar refractivity (Wildman–Crippen MR) is 112 cm³/mol. The summed E-state index contributed by atoms with van der Waals surface area (Å²) in [5.74, 6) is 0.0594. The van der Waals surface area contributed by atoms with Crippen LogP contribution in [0.3, 0.4) is 0 Å². The third-order valence-electron chi connectivity index (χ3n) is 3.93. The van der Waals surface area contributed by atoms with Crippen molar-refractivity contribution in [2.75, 3.05) is 0 Å². The highest BCUT2D eigenvalue weighted by atomic mass is 32.2. The highest BCUT2D eigenvalue weighted by Crippen LogP contribution is 2.20. The van der Waals surface area contributed by atoms with Gasteiger partial charge in [-0.3, -0.25) is 9.79 Å². The number of rotatable bonds is 7. The van der Waals surface area contributed by atoms with Crippen molar-refractivity contribution in [3.8, 4) is 5.75 Å². The third-order valence-corrected chi connectivity index (χ3v) is 5.38. The topological polar surface area (TPSA) is 84.8 Å². The summed E-state index contributed by atoms with van der Waals surface area (Å²) >= 11 is 0. The van der Waals surface area contributed by atoms with Crippen LogP contribution in [0.5, 0.6) is 5.75 Å². The Hall–Kier alpha value is -3.45. The second kappa shape index (κ2) is 9.16. The third kappa shape index (κ3) is 5.76. The van der Waals surface area contributed by atoms with Gasteiger partial charge < -0.3 is 4.74 Å². The van der Waals surface area contributed by atoms with E-state index in [0.717, 1.165) is 18.1 Å². The molecule has 0 aliphatic carbocycles. The Balaban J connectivity index is 1.72. The zero-order valence-corrected chi connectivity index (χ0v) is 16.6. The van der Waals surface area contributed by atoms with Crippen molar-refractivity contribution in [3.63, 3.8) is 0 Å². The van der Waals surface area contributed by atoms with Gasteiger partial charge in [0.1, 0.15) is 12.4 Å². The average Bonchev–Trinajstić information content (AvgIpc) is 2.71. The van der Waals surface area contributed by atoms with E-state index in [1.165, 1.54) is 12.1 Å². The molecule has 0 spiro atoms. The fourth-order valence-electron chi connectivity index (χ4n) is 2.56. The monoisotopic (exact) mass is 408 g/mol. The number of nitrogens with one attached hydrogen (secondary N) is 1. The number of hydrogen-bond acceptors (Lipinski definition) is 5. The van der Waals surface area contributed by atoms with Crippen molar-refractivity contribution < 1.29 is 17.9 Å². The van der Waals surface area contributed by atoms with Crippen LogP contribution in [0.2, 0.25) is 0 Å². The lowest BCUT2D eigenvalue weighted by Gasteiger charge is -2.09. The van der Waals surface area contributed by atoms with Crippen molar-refractivity contribution in [1.29, 1.82) is 0 Å². The smallest absolute Gasteiger partial charge is 0.264 e. The van der Waals surface area contributed by atoms with Crippen molar-refractivity contribution in [2.24, 2.45) is 4.99 Å². The molecule has 148 valence electrons. The molecule has 0 radical (unpaired) electrons. The van der Waals surface area contributed by atoms with E-state index in [0.29, 0.717) is 18.0 Å². The molecule has 3 aromatic rings. The molecule has 6 nitrogen and oxygen atoms in total. The maximum Gasteiger partial charge on any atom is 0.264 e. The molecule has 3 rings (SSSR count). The quantitative estimate of drug-likeness (QED) is 0.602. The highest BCUT2D eigenvalue weighted by molar-refractivity contribution is 7.90. The van der Waals surface area contributed by atoms with Gasteiger partial charge in [-0.05, 0) is 42.0 Å². The average molecular weight is 408 g/mol. The van der Waals surface area contributed by atoms with E-state index in [9.17, 15) is 13.2 Å². The molecule has 7 heteroatoms. The van der Waals surface area contributed by atoms with Crippen LogP contribution in [-0.2, 0) is 21.4 Å². The number of hydrogen-bond donors (Lipinski definition) is 1. The van der Waals surface area contributed by atoms with E-state index in [1.807, 2.05) is 59.3 Å².